The molecule has 0 spiro atoms. The van der Waals surface area contributed by atoms with E-state index >= 15 is 0 Å². The van der Waals surface area contributed by atoms with Crippen molar-refractivity contribution in [1.82, 2.24) is 0 Å². The molecule has 0 radical (unpaired) electrons. The first-order chi connectivity index (χ1) is 10.1. The van der Waals surface area contributed by atoms with Crippen LogP contribution in [0.15, 0.2) is 66.2 Å². The van der Waals surface area contributed by atoms with Crippen LogP contribution in [-0.2, 0) is 17.6 Å². The first-order valence-electron chi connectivity index (χ1n) is 7.17. The van der Waals surface area contributed by atoms with Gasteiger partial charge in [0.25, 0.3) is 0 Å². The second-order valence-corrected chi connectivity index (χ2v) is 5.21. The van der Waals surface area contributed by atoms with E-state index in [1.807, 2.05) is 6.07 Å². The molecule has 0 saturated heterocycles. The molecule has 2 nitrogen and oxygen atoms in total. The molecule has 108 valence electrons. The van der Waals surface area contributed by atoms with Gasteiger partial charge in [-0.05, 0) is 42.9 Å². The zero-order valence-corrected chi connectivity index (χ0v) is 12.3. The molecular weight excluding hydrogens is 260 g/mol. The van der Waals surface area contributed by atoms with Crippen LogP contribution < -0.4 is 0 Å². The second-order valence-electron chi connectivity index (χ2n) is 5.21. The molecule has 0 aliphatic carbocycles. The zero-order chi connectivity index (χ0) is 15.1. The monoisotopic (exact) mass is 280 g/mol. The largest absolute Gasteiger partial charge is 0.478 e. The number of aryl methyl sites for hydroxylation is 1. The summed E-state index contributed by atoms with van der Waals surface area (Å²) in [4.78, 5) is 10.7. The number of carboxylic acids is 1. The fourth-order valence-corrected chi connectivity index (χ4v) is 2.20. The van der Waals surface area contributed by atoms with Crippen molar-refractivity contribution in [3.63, 3.8) is 0 Å². The number of benzene rings is 2. The summed E-state index contributed by atoms with van der Waals surface area (Å²) in [5.41, 5.74) is 4.25. The summed E-state index contributed by atoms with van der Waals surface area (Å²) in [6.07, 6.45) is 4.35. The van der Waals surface area contributed by atoms with Crippen LogP contribution in [0.5, 0.6) is 0 Å². The summed E-state index contributed by atoms with van der Waals surface area (Å²) in [7, 11) is 0. The molecule has 0 bridgehead atoms. The molecule has 2 heteroatoms. The highest BCUT2D eigenvalue weighted by Crippen LogP contribution is 2.12. The van der Waals surface area contributed by atoms with Crippen LogP contribution in [0.4, 0.5) is 0 Å². The summed E-state index contributed by atoms with van der Waals surface area (Å²) < 4.78 is 0. The first-order valence-corrected chi connectivity index (χ1v) is 7.17. The molecule has 2 aromatic rings. The van der Waals surface area contributed by atoms with Crippen molar-refractivity contribution in [3.8, 4) is 0 Å². The van der Waals surface area contributed by atoms with E-state index in [2.05, 4.69) is 48.5 Å². The third-order valence-corrected chi connectivity index (χ3v) is 3.49. The zero-order valence-electron chi connectivity index (χ0n) is 12.3. The lowest BCUT2D eigenvalue weighted by Gasteiger charge is -2.04. The number of carbonyl (C=O) groups is 1. The minimum absolute atomic E-state index is 0.413. The summed E-state index contributed by atoms with van der Waals surface area (Å²) in [5.74, 6) is -0.840. The van der Waals surface area contributed by atoms with Crippen molar-refractivity contribution < 1.29 is 9.90 Å². The number of hydrogen-bond donors (Lipinski definition) is 1. The van der Waals surface area contributed by atoms with E-state index in [-0.39, 0.29) is 0 Å². The van der Waals surface area contributed by atoms with E-state index in [9.17, 15) is 4.79 Å². The van der Waals surface area contributed by atoms with Gasteiger partial charge in [-0.1, -0.05) is 60.7 Å². The molecule has 0 unspecified atom stereocenters. The van der Waals surface area contributed by atoms with Crippen LogP contribution in [0.2, 0.25) is 0 Å². The molecule has 0 aromatic heterocycles. The maximum Gasteiger partial charge on any atom is 0.330 e. The van der Waals surface area contributed by atoms with Crippen LogP contribution in [0, 0.1) is 0 Å². The molecule has 0 atom stereocenters. The summed E-state index contributed by atoms with van der Waals surface area (Å²) in [6, 6.07) is 19.0. The average molecular weight is 280 g/mol. The Balaban J connectivity index is 1.90. The SMILES string of the molecule is CC(=CCCc1ccc(Cc2ccccc2)cc1)C(=O)O. The van der Waals surface area contributed by atoms with Crippen molar-refractivity contribution in [2.24, 2.45) is 0 Å². The standard InChI is InChI=1S/C19H20O2/c1-15(19(20)21)6-5-9-16-10-12-18(13-11-16)14-17-7-3-2-4-8-17/h2-4,6-8,10-13H,5,9,14H2,1H3,(H,20,21). The summed E-state index contributed by atoms with van der Waals surface area (Å²) in [5, 5.41) is 8.79. The molecule has 21 heavy (non-hydrogen) atoms. The minimum atomic E-state index is -0.840. The number of rotatable bonds is 6. The van der Waals surface area contributed by atoms with Crippen molar-refractivity contribution in [2.75, 3.05) is 0 Å². The Morgan fingerprint density at radius 1 is 0.952 bits per heavy atom. The van der Waals surface area contributed by atoms with Gasteiger partial charge >= 0.3 is 5.97 Å². The normalized spacial score (nSPS) is 11.4. The van der Waals surface area contributed by atoms with E-state index in [0.29, 0.717) is 5.57 Å². The molecular formula is C19H20O2. The summed E-state index contributed by atoms with van der Waals surface area (Å²) in [6.45, 7) is 1.63. The van der Waals surface area contributed by atoms with Gasteiger partial charge in [0.05, 0.1) is 0 Å². The fourth-order valence-electron chi connectivity index (χ4n) is 2.20. The van der Waals surface area contributed by atoms with Crippen LogP contribution in [0.25, 0.3) is 0 Å². The van der Waals surface area contributed by atoms with E-state index < -0.39 is 5.97 Å². The lowest BCUT2D eigenvalue weighted by molar-refractivity contribution is -0.132. The molecule has 0 aliphatic heterocycles. The Morgan fingerprint density at radius 3 is 2.14 bits per heavy atom. The van der Waals surface area contributed by atoms with E-state index in [4.69, 9.17) is 5.11 Å². The molecule has 1 N–H and O–H groups in total. The van der Waals surface area contributed by atoms with Crippen molar-refractivity contribution >= 4 is 5.97 Å². The molecule has 0 fully saturated rings. The van der Waals surface area contributed by atoms with Gasteiger partial charge in [-0.15, -0.1) is 0 Å². The van der Waals surface area contributed by atoms with Crippen LogP contribution in [-0.4, -0.2) is 11.1 Å². The predicted octanol–water partition coefficient (Wildman–Crippen LogP) is 4.24. The lowest BCUT2D eigenvalue weighted by atomic mass is 10.0. The fraction of sp³-hybridized carbons (Fsp3) is 0.211. The molecule has 2 aromatic carbocycles. The molecule has 2 rings (SSSR count). The second kappa shape index (κ2) is 7.44. The Labute approximate surface area is 125 Å². The molecule has 0 saturated carbocycles. The Morgan fingerprint density at radius 2 is 1.52 bits per heavy atom. The van der Waals surface area contributed by atoms with E-state index in [1.54, 1.807) is 13.0 Å². The highest BCUT2D eigenvalue weighted by Gasteiger charge is 2.00. The number of carboxylic acid groups (broad SMARTS) is 1. The van der Waals surface area contributed by atoms with Gasteiger partial charge in [-0.2, -0.15) is 0 Å². The van der Waals surface area contributed by atoms with Crippen LogP contribution in [0.1, 0.15) is 30.0 Å². The topological polar surface area (TPSA) is 37.3 Å². The molecule has 0 amide bonds. The van der Waals surface area contributed by atoms with E-state index in [1.165, 1.54) is 16.7 Å². The molecule has 0 heterocycles. The van der Waals surface area contributed by atoms with Gasteiger partial charge in [0.15, 0.2) is 0 Å². The Kier molecular flexibility index (Phi) is 5.33. The highest BCUT2D eigenvalue weighted by molar-refractivity contribution is 5.85. The predicted molar refractivity (Wildman–Crippen MR) is 85.4 cm³/mol. The van der Waals surface area contributed by atoms with Gasteiger partial charge in [0.2, 0.25) is 0 Å². The van der Waals surface area contributed by atoms with E-state index in [0.717, 1.165) is 19.3 Å². The van der Waals surface area contributed by atoms with Crippen LogP contribution in [0.3, 0.4) is 0 Å². The number of hydrogen-bond acceptors (Lipinski definition) is 1. The van der Waals surface area contributed by atoms with Gasteiger partial charge < -0.3 is 5.11 Å². The van der Waals surface area contributed by atoms with Gasteiger partial charge in [0, 0.05) is 5.57 Å². The maximum absolute atomic E-state index is 10.7. The maximum atomic E-state index is 10.7. The molecule has 0 aliphatic rings. The lowest BCUT2D eigenvalue weighted by Crippen LogP contribution is -1.96. The number of aliphatic carboxylic acids is 1. The van der Waals surface area contributed by atoms with Gasteiger partial charge in [-0.3, -0.25) is 0 Å². The third kappa shape index (κ3) is 4.92. The minimum Gasteiger partial charge on any atom is -0.478 e. The smallest absolute Gasteiger partial charge is 0.330 e. The third-order valence-electron chi connectivity index (χ3n) is 3.49. The first kappa shape index (κ1) is 15.0. The highest BCUT2D eigenvalue weighted by atomic mass is 16.4. The Bertz CT molecular complexity index is 610. The quantitative estimate of drug-likeness (QED) is 0.803. The van der Waals surface area contributed by atoms with Gasteiger partial charge in [0.1, 0.15) is 0 Å². The Hall–Kier alpha value is -2.35. The summed E-state index contributed by atoms with van der Waals surface area (Å²) >= 11 is 0. The average Bonchev–Trinajstić information content (AvgIpc) is 2.50. The number of allylic oxidation sites excluding steroid dienone is 1. The van der Waals surface area contributed by atoms with Crippen molar-refractivity contribution in [1.29, 1.82) is 0 Å². The van der Waals surface area contributed by atoms with Crippen molar-refractivity contribution in [3.05, 3.63) is 82.9 Å². The van der Waals surface area contributed by atoms with Crippen molar-refractivity contribution in [2.45, 2.75) is 26.2 Å². The van der Waals surface area contributed by atoms with Gasteiger partial charge in [-0.25, -0.2) is 4.79 Å². The van der Waals surface area contributed by atoms with Crippen LogP contribution >= 0.6 is 0 Å².